The molecule has 0 fully saturated rings. The molecule has 24 heavy (non-hydrogen) atoms. The van der Waals surface area contributed by atoms with Gasteiger partial charge in [-0.2, -0.15) is 26.3 Å². The van der Waals surface area contributed by atoms with Crippen LogP contribution in [-0.4, -0.2) is 8.07 Å². The van der Waals surface area contributed by atoms with Crippen LogP contribution < -0.4 is 5.19 Å². The molecule has 0 spiro atoms. The van der Waals surface area contributed by atoms with E-state index in [2.05, 4.69) is 0 Å². The molecule has 0 atom stereocenters. The molecule has 0 radical (unpaired) electrons. The molecule has 0 heterocycles. The molecule has 0 bridgehead atoms. The molecule has 7 heteroatoms. The van der Waals surface area contributed by atoms with Crippen molar-refractivity contribution in [2.75, 3.05) is 0 Å². The molecule has 0 amide bonds. The van der Waals surface area contributed by atoms with Crippen LogP contribution in [0.15, 0.2) is 48.5 Å². The van der Waals surface area contributed by atoms with E-state index in [0.717, 1.165) is 17.3 Å². The molecular formula is C17H16F6Si. The van der Waals surface area contributed by atoms with Gasteiger partial charge in [-0.1, -0.05) is 48.6 Å². The van der Waals surface area contributed by atoms with Crippen LogP contribution in [0, 0.1) is 0 Å². The van der Waals surface area contributed by atoms with Gasteiger partial charge in [-0.3, -0.25) is 0 Å². The third-order valence-electron chi connectivity index (χ3n) is 3.85. The number of alkyl halides is 6. The second-order valence-corrected chi connectivity index (χ2v) is 11.0. The highest BCUT2D eigenvalue weighted by Gasteiger charge is 2.37. The molecule has 2 aromatic carbocycles. The van der Waals surface area contributed by atoms with Crippen LogP contribution in [0.25, 0.3) is 0 Å². The van der Waals surface area contributed by atoms with Crippen molar-refractivity contribution in [2.24, 2.45) is 0 Å². The van der Waals surface area contributed by atoms with Crippen LogP contribution in [0.2, 0.25) is 13.1 Å². The maximum absolute atomic E-state index is 12.9. The van der Waals surface area contributed by atoms with Crippen LogP contribution in [0.1, 0.15) is 16.7 Å². The molecule has 2 aromatic rings. The molecule has 0 aromatic heterocycles. The normalized spacial score (nSPS) is 13.2. The van der Waals surface area contributed by atoms with Crippen molar-refractivity contribution in [3.05, 3.63) is 65.2 Å². The fraction of sp³-hybridized carbons (Fsp3) is 0.294. The Kier molecular flexibility index (Phi) is 4.85. The lowest BCUT2D eigenvalue weighted by atomic mass is 10.1. The topological polar surface area (TPSA) is 0 Å². The highest BCUT2D eigenvalue weighted by atomic mass is 28.3. The minimum absolute atomic E-state index is 0.0673. The Morgan fingerprint density at radius 1 is 0.750 bits per heavy atom. The summed E-state index contributed by atoms with van der Waals surface area (Å²) in [6.45, 7) is 3.85. The van der Waals surface area contributed by atoms with Crippen LogP contribution >= 0.6 is 0 Å². The van der Waals surface area contributed by atoms with Crippen molar-refractivity contribution in [2.45, 2.75) is 31.5 Å². The Labute approximate surface area is 137 Å². The maximum atomic E-state index is 12.9. The molecule has 0 saturated carbocycles. The first kappa shape index (κ1) is 18.6. The van der Waals surface area contributed by atoms with Crippen molar-refractivity contribution in [1.29, 1.82) is 0 Å². The fourth-order valence-corrected chi connectivity index (χ4v) is 5.15. The number of halogens is 6. The maximum Gasteiger partial charge on any atom is 0.416 e. The lowest BCUT2D eigenvalue weighted by Crippen LogP contribution is -2.44. The van der Waals surface area contributed by atoms with Gasteiger partial charge in [-0.15, -0.1) is 0 Å². The molecular weight excluding hydrogens is 346 g/mol. The monoisotopic (exact) mass is 362 g/mol. The van der Waals surface area contributed by atoms with Crippen molar-refractivity contribution < 1.29 is 26.3 Å². The lowest BCUT2D eigenvalue weighted by Gasteiger charge is -2.24. The van der Waals surface area contributed by atoms with E-state index in [-0.39, 0.29) is 17.7 Å². The van der Waals surface area contributed by atoms with E-state index in [0.29, 0.717) is 0 Å². The van der Waals surface area contributed by atoms with Crippen LogP contribution in [0.4, 0.5) is 26.3 Å². The number of rotatable bonds is 3. The highest BCUT2D eigenvalue weighted by molar-refractivity contribution is 6.89. The van der Waals surface area contributed by atoms with Gasteiger partial charge in [0.25, 0.3) is 0 Å². The summed E-state index contributed by atoms with van der Waals surface area (Å²) < 4.78 is 77.6. The SMILES string of the molecule is C[Si](C)(Cc1cc(C(F)(F)F)cc(C(F)(F)F)c1)c1ccccc1. The van der Waals surface area contributed by atoms with Crippen molar-refractivity contribution in [3.63, 3.8) is 0 Å². The first-order valence-corrected chi connectivity index (χ1v) is 10.4. The Bertz CT molecular complexity index is 669. The van der Waals surface area contributed by atoms with Gasteiger partial charge in [0.05, 0.1) is 19.2 Å². The van der Waals surface area contributed by atoms with Crippen molar-refractivity contribution in [1.82, 2.24) is 0 Å². The van der Waals surface area contributed by atoms with E-state index in [1.165, 1.54) is 0 Å². The van der Waals surface area contributed by atoms with E-state index < -0.39 is 31.6 Å². The molecule has 0 aliphatic rings. The van der Waals surface area contributed by atoms with Gasteiger partial charge in [0.15, 0.2) is 0 Å². The Morgan fingerprint density at radius 3 is 1.62 bits per heavy atom. The summed E-state index contributed by atoms with van der Waals surface area (Å²) in [7, 11) is -2.22. The summed E-state index contributed by atoms with van der Waals surface area (Å²) >= 11 is 0. The standard InChI is InChI=1S/C17H16F6Si/c1-24(2,15-6-4-3-5-7-15)11-12-8-13(16(18,19)20)10-14(9-12)17(21,22)23/h3-10H,11H2,1-2H3. The summed E-state index contributed by atoms with van der Waals surface area (Å²) in [6.07, 6.45) is -9.62. The third-order valence-corrected chi connectivity index (χ3v) is 7.04. The molecule has 0 saturated heterocycles. The Balaban J connectivity index is 2.46. The van der Waals surface area contributed by atoms with E-state index in [1.54, 1.807) is 0 Å². The minimum atomic E-state index is -4.81. The zero-order valence-corrected chi connectivity index (χ0v) is 14.1. The number of hydrogen-bond acceptors (Lipinski definition) is 0. The van der Waals surface area contributed by atoms with Crippen LogP contribution in [0.5, 0.6) is 0 Å². The van der Waals surface area contributed by atoms with Crippen molar-refractivity contribution in [3.8, 4) is 0 Å². The Hall–Kier alpha value is -1.76. The first-order chi connectivity index (χ1) is 10.9. The summed E-state index contributed by atoms with van der Waals surface area (Å²) in [5.41, 5.74) is -2.45. The fourth-order valence-electron chi connectivity index (χ4n) is 2.62. The van der Waals surface area contributed by atoms with Crippen LogP contribution in [0.3, 0.4) is 0 Å². The molecule has 2 rings (SSSR count). The molecule has 0 N–H and O–H groups in total. The largest absolute Gasteiger partial charge is 0.416 e. The number of benzene rings is 2. The Morgan fingerprint density at radius 2 is 1.21 bits per heavy atom. The smallest absolute Gasteiger partial charge is 0.166 e. The summed E-state index contributed by atoms with van der Waals surface area (Å²) in [4.78, 5) is 0. The van der Waals surface area contributed by atoms with Crippen LogP contribution in [-0.2, 0) is 18.4 Å². The average molecular weight is 362 g/mol. The lowest BCUT2D eigenvalue weighted by molar-refractivity contribution is -0.143. The van der Waals surface area contributed by atoms with Crippen molar-refractivity contribution >= 4 is 13.3 Å². The third kappa shape index (κ3) is 4.40. The van der Waals surface area contributed by atoms with Gasteiger partial charge in [0.2, 0.25) is 0 Å². The molecule has 0 aliphatic heterocycles. The van der Waals surface area contributed by atoms with Gasteiger partial charge in [-0.05, 0) is 29.8 Å². The van der Waals surface area contributed by atoms with E-state index in [4.69, 9.17) is 0 Å². The molecule has 130 valence electrons. The van der Waals surface area contributed by atoms with Gasteiger partial charge in [0.1, 0.15) is 0 Å². The second-order valence-electron chi connectivity index (χ2n) is 6.34. The second kappa shape index (κ2) is 6.27. The van der Waals surface area contributed by atoms with E-state index in [1.807, 2.05) is 43.4 Å². The molecule has 0 nitrogen and oxygen atoms in total. The van der Waals surface area contributed by atoms with Gasteiger partial charge in [-0.25, -0.2) is 0 Å². The highest BCUT2D eigenvalue weighted by Crippen LogP contribution is 2.36. The zero-order valence-electron chi connectivity index (χ0n) is 13.1. The van der Waals surface area contributed by atoms with Gasteiger partial charge in [0, 0.05) is 0 Å². The summed E-state index contributed by atoms with van der Waals surface area (Å²) in [5, 5.41) is 0.982. The van der Waals surface area contributed by atoms with Gasteiger partial charge < -0.3 is 0 Å². The predicted octanol–water partition coefficient (Wildman–Crippen LogP) is 5.42. The predicted molar refractivity (Wildman–Crippen MR) is 83.7 cm³/mol. The summed E-state index contributed by atoms with van der Waals surface area (Å²) in [5.74, 6) is 0. The zero-order chi connectivity index (χ0) is 18.2. The van der Waals surface area contributed by atoms with E-state index >= 15 is 0 Å². The molecule has 0 aliphatic carbocycles. The minimum Gasteiger partial charge on any atom is -0.166 e. The number of hydrogen-bond donors (Lipinski definition) is 0. The summed E-state index contributed by atoms with van der Waals surface area (Å²) in [6, 6.07) is 11.2. The quantitative estimate of drug-likeness (QED) is 0.505. The first-order valence-electron chi connectivity index (χ1n) is 7.23. The molecule has 0 unspecified atom stereocenters. The van der Waals surface area contributed by atoms with E-state index in [9.17, 15) is 26.3 Å². The van der Waals surface area contributed by atoms with Gasteiger partial charge >= 0.3 is 12.4 Å². The average Bonchev–Trinajstić information content (AvgIpc) is 2.45.